The van der Waals surface area contributed by atoms with Gasteiger partial charge in [-0.15, -0.1) is 0 Å². The number of carbonyl (C=O) groups is 1. The standard InChI is InChI=1S/C8H20N4O3/c1-15-7-10-4-5-11-12-6-9-3-2-8(13)14/h9-12H,2-7H2,1H3,(H,13,14). The van der Waals surface area contributed by atoms with Crippen molar-refractivity contribution in [1.29, 1.82) is 0 Å². The highest BCUT2D eigenvalue weighted by Gasteiger charge is 1.93. The minimum absolute atomic E-state index is 0.136. The van der Waals surface area contributed by atoms with E-state index in [0.29, 0.717) is 19.9 Å². The van der Waals surface area contributed by atoms with Crippen molar-refractivity contribution in [3.8, 4) is 0 Å². The van der Waals surface area contributed by atoms with E-state index in [0.717, 1.165) is 13.1 Å². The Hall–Kier alpha value is -0.730. The minimum atomic E-state index is -0.792. The molecule has 90 valence electrons. The van der Waals surface area contributed by atoms with E-state index in [4.69, 9.17) is 9.84 Å². The van der Waals surface area contributed by atoms with Crippen LogP contribution < -0.4 is 21.5 Å². The Labute approximate surface area is 89.5 Å². The van der Waals surface area contributed by atoms with Crippen molar-refractivity contribution >= 4 is 5.97 Å². The summed E-state index contributed by atoms with van der Waals surface area (Å²) in [5.74, 6) is -0.792. The summed E-state index contributed by atoms with van der Waals surface area (Å²) in [6.45, 7) is 3.11. The van der Waals surface area contributed by atoms with Gasteiger partial charge in [0.15, 0.2) is 0 Å². The Morgan fingerprint density at radius 3 is 2.67 bits per heavy atom. The quantitative estimate of drug-likeness (QED) is 0.161. The summed E-state index contributed by atoms with van der Waals surface area (Å²) in [7, 11) is 1.63. The topological polar surface area (TPSA) is 94.7 Å². The fourth-order valence-electron chi connectivity index (χ4n) is 0.822. The lowest BCUT2D eigenvalue weighted by Gasteiger charge is -2.08. The molecule has 0 saturated carbocycles. The summed E-state index contributed by atoms with van der Waals surface area (Å²) in [5.41, 5.74) is 5.86. The molecule has 0 aliphatic heterocycles. The van der Waals surface area contributed by atoms with Crippen LogP contribution in [0.25, 0.3) is 0 Å². The molecule has 0 radical (unpaired) electrons. The molecular formula is C8H20N4O3. The van der Waals surface area contributed by atoms with Gasteiger partial charge in [-0.3, -0.25) is 15.5 Å². The summed E-state index contributed by atoms with van der Waals surface area (Å²) in [4.78, 5) is 10.1. The first-order chi connectivity index (χ1) is 7.27. The zero-order valence-corrected chi connectivity index (χ0v) is 9.01. The van der Waals surface area contributed by atoms with Crippen LogP contribution in [0.3, 0.4) is 0 Å². The highest BCUT2D eigenvalue weighted by Crippen LogP contribution is 1.72. The Bertz CT molecular complexity index is 157. The van der Waals surface area contributed by atoms with Crippen molar-refractivity contribution in [2.24, 2.45) is 0 Å². The lowest BCUT2D eigenvalue weighted by molar-refractivity contribution is -0.136. The molecule has 15 heavy (non-hydrogen) atoms. The minimum Gasteiger partial charge on any atom is -0.481 e. The van der Waals surface area contributed by atoms with Crippen LogP contribution >= 0.6 is 0 Å². The van der Waals surface area contributed by atoms with Gasteiger partial charge in [0.2, 0.25) is 0 Å². The highest BCUT2D eigenvalue weighted by molar-refractivity contribution is 5.66. The van der Waals surface area contributed by atoms with Crippen LogP contribution in [0.15, 0.2) is 0 Å². The molecule has 0 bridgehead atoms. The number of carboxylic acids is 1. The van der Waals surface area contributed by atoms with E-state index in [1.54, 1.807) is 7.11 Å². The molecule has 5 N–H and O–H groups in total. The molecule has 0 unspecified atom stereocenters. The van der Waals surface area contributed by atoms with Crippen LogP contribution in [0.5, 0.6) is 0 Å². The Morgan fingerprint density at radius 1 is 1.20 bits per heavy atom. The predicted molar refractivity (Wildman–Crippen MR) is 56.1 cm³/mol. The van der Waals surface area contributed by atoms with E-state index in [1.165, 1.54) is 0 Å². The maximum Gasteiger partial charge on any atom is 0.304 e. The predicted octanol–water partition coefficient (Wildman–Crippen LogP) is -1.70. The molecule has 0 heterocycles. The van der Waals surface area contributed by atoms with E-state index >= 15 is 0 Å². The van der Waals surface area contributed by atoms with Gasteiger partial charge in [0.05, 0.1) is 19.8 Å². The number of hydrogen-bond donors (Lipinski definition) is 5. The van der Waals surface area contributed by atoms with Gasteiger partial charge >= 0.3 is 5.97 Å². The number of carboxylic acid groups (broad SMARTS) is 1. The van der Waals surface area contributed by atoms with E-state index in [2.05, 4.69) is 21.5 Å². The lowest BCUT2D eigenvalue weighted by Crippen LogP contribution is -2.42. The molecule has 0 fully saturated rings. The monoisotopic (exact) mass is 220 g/mol. The molecule has 0 saturated heterocycles. The normalized spacial score (nSPS) is 10.5. The fourth-order valence-corrected chi connectivity index (χ4v) is 0.822. The second-order valence-electron chi connectivity index (χ2n) is 2.86. The van der Waals surface area contributed by atoms with Gasteiger partial charge in [-0.05, 0) is 0 Å². The third-order valence-corrected chi connectivity index (χ3v) is 1.53. The largest absolute Gasteiger partial charge is 0.481 e. The molecule has 0 atom stereocenters. The van der Waals surface area contributed by atoms with Gasteiger partial charge in [0.1, 0.15) is 0 Å². The number of rotatable bonds is 11. The number of methoxy groups -OCH3 is 1. The zero-order chi connectivity index (χ0) is 11.4. The molecule has 0 amide bonds. The third-order valence-electron chi connectivity index (χ3n) is 1.53. The molecule has 0 aromatic heterocycles. The Kier molecular flexibility index (Phi) is 10.8. The summed E-state index contributed by atoms with van der Waals surface area (Å²) >= 11 is 0. The molecule has 0 spiro atoms. The molecule has 7 heteroatoms. The van der Waals surface area contributed by atoms with Crippen LogP contribution in [0.2, 0.25) is 0 Å². The summed E-state index contributed by atoms with van der Waals surface area (Å²) in [6.07, 6.45) is 0.136. The van der Waals surface area contributed by atoms with Gasteiger partial charge in [0, 0.05) is 26.7 Å². The average molecular weight is 220 g/mol. The van der Waals surface area contributed by atoms with E-state index in [-0.39, 0.29) is 6.42 Å². The second-order valence-corrected chi connectivity index (χ2v) is 2.86. The van der Waals surface area contributed by atoms with Gasteiger partial charge in [-0.1, -0.05) is 0 Å². The molecule has 0 rings (SSSR count). The first kappa shape index (κ1) is 14.3. The summed E-state index contributed by atoms with van der Waals surface area (Å²) in [6, 6.07) is 0. The molecule has 7 nitrogen and oxygen atoms in total. The number of ether oxygens (including phenoxy) is 1. The van der Waals surface area contributed by atoms with Crippen LogP contribution in [0.4, 0.5) is 0 Å². The van der Waals surface area contributed by atoms with Crippen molar-refractivity contribution in [2.45, 2.75) is 6.42 Å². The van der Waals surface area contributed by atoms with Crippen molar-refractivity contribution in [2.75, 3.05) is 40.1 Å². The van der Waals surface area contributed by atoms with Crippen molar-refractivity contribution in [1.82, 2.24) is 21.5 Å². The van der Waals surface area contributed by atoms with Crippen LogP contribution in [-0.2, 0) is 9.53 Å². The van der Waals surface area contributed by atoms with E-state index in [1.807, 2.05) is 0 Å². The zero-order valence-electron chi connectivity index (χ0n) is 9.01. The molecule has 0 aliphatic carbocycles. The second kappa shape index (κ2) is 11.3. The summed E-state index contributed by atoms with van der Waals surface area (Å²) < 4.78 is 4.80. The molecule has 0 aliphatic rings. The Morgan fingerprint density at radius 2 is 2.00 bits per heavy atom. The number of hydrazine groups is 1. The van der Waals surface area contributed by atoms with Crippen LogP contribution in [0, 0.1) is 0 Å². The SMILES string of the molecule is COCNCCNNCNCCC(=O)O. The average Bonchev–Trinajstić information content (AvgIpc) is 2.20. The molecule has 0 aromatic carbocycles. The van der Waals surface area contributed by atoms with Crippen LogP contribution in [-0.4, -0.2) is 51.2 Å². The maximum absolute atomic E-state index is 10.1. The lowest BCUT2D eigenvalue weighted by atomic mass is 10.4. The van der Waals surface area contributed by atoms with Gasteiger partial charge in [-0.25, -0.2) is 5.43 Å². The maximum atomic E-state index is 10.1. The first-order valence-corrected chi connectivity index (χ1v) is 4.85. The summed E-state index contributed by atoms with van der Waals surface area (Å²) in [5, 5.41) is 14.3. The molecule has 0 aromatic rings. The van der Waals surface area contributed by atoms with E-state index < -0.39 is 5.97 Å². The van der Waals surface area contributed by atoms with Gasteiger partial charge in [-0.2, -0.15) is 0 Å². The van der Waals surface area contributed by atoms with Crippen molar-refractivity contribution in [3.05, 3.63) is 0 Å². The highest BCUT2D eigenvalue weighted by atomic mass is 16.5. The van der Waals surface area contributed by atoms with Crippen molar-refractivity contribution in [3.63, 3.8) is 0 Å². The smallest absolute Gasteiger partial charge is 0.304 e. The fraction of sp³-hybridized carbons (Fsp3) is 0.875. The number of nitrogens with one attached hydrogen (secondary N) is 4. The third kappa shape index (κ3) is 13.3. The van der Waals surface area contributed by atoms with Gasteiger partial charge < -0.3 is 15.2 Å². The van der Waals surface area contributed by atoms with Crippen molar-refractivity contribution < 1.29 is 14.6 Å². The van der Waals surface area contributed by atoms with E-state index in [9.17, 15) is 4.79 Å². The molecular weight excluding hydrogens is 200 g/mol. The first-order valence-electron chi connectivity index (χ1n) is 4.85. The number of aliphatic carboxylic acids is 1. The van der Waals surface area contributed by atoms with Crippen LogP contribution in [0.1, 0.15) is 6.42 Å². The van der Waals surface area contributed by atoms with Gasteiger partial charge in [0.25, 0.3) is 0 Å². The Balaban J connectivity index is 2.89. The number of hydrogen-bond acceptors (Lipinski definition) is 6.